The molecule has 4 rings (SSSR count). The minimum atomic E-state index is -2.95. The third-order valence-electron chi connectivity index (χ3n) is 5.38. The number of aromatic nitrogens is 1. The molecule has 7 heteroatoms. The second-order valence-corrected chi connectivity index (χ2v) is 7.61. The summed E-state index contributed by atoms with van der Waals surface area (Å²) in [6.45, 7) is -0.881. The first-order valence-electron chi connectivity index (χ1n) is 9.86. The number of fused-ring (bicyclic) bond motifs is 2. The zero-order valence-electron chi connectivity index (χ0n) is 17.1. The average Bonchev–Trinajstić information content (AvgIpc) is 2.72. The summed E-state index contributed by atoms with van der Waals surface area (Å²) >= 11 is 0. The van der Waals surface area contributed by atoms with Crippen LogP contribution in [0.25, 0.3) is 22.6 Å². The van der Waals surface area contributed by atoms with Gasteiger partial charge >= 0.3 is 12.6 Å². The van der Waals surface area contributed by atoms with Crippen LogP contribution in [-0.2, 0) is 6.42 Å². The van der Waals surface area contributed by atoms with Crippen LogP contribution in [0.5, 0.6) is 11.5 Å². The highest BCUT2D eigenvalue weighted by Gasteiger charge is 2.28. The molecule has 0 bridgehead atoms. The van der Waals surface area contributed by atoms with Gasteiger partial charge in [-0.05, 0) is 59.7 Å². The molecule has 1 N–H and O–H groups in total. The quantitative estimate of drug-likeness (QED) is 0.571. The maximum atomic E-state index is 12.6. The summed E-state index contributed by atoms with van der Waals surface area (Å²) in [7, 11) is 1.38. The molecule has 0 saturated carbocycles. The molecule has 1 heterocycles. The van der Waals surface area contributed by atoms with Crippen molar-refractivity contribution in [2.45, 2.75) is 26.4 Å². The van der Waals surface area contributed by atoms with E-state index in [0.29, 0.717) is 23.0 Å². The standard InChI is InChI=1S/C24H21F2NO4/c1-13-9-15(11-14-7-8-19(31-24(25)26)20(12-14)30-2)22-17(10-13)21(23(28)29)16-5-3-4-6-18(16)27-22/h3-8,11-13,24H,9-10H2,1-2H3,(H,28,29)/b15-11-/t13-/m1/s1. The molecular weight excluding hydrogens is 404 g/mol. The lowest BCUT2D eigenvalue weighted by Gasteiger charge is -2.26. The Morgan fingerprint density at radius 1 is 1.19 bits per heavy atom. The summed E-state index contributed by atoms with van der Waals surface area (Å²) in [5.74, 6) is -0.604. The van der Waals surface area contributed by atoms with E-state index in [1.54, 1.807) is 30.3 Å². The number of carboxylic acids is 1. The molecule has 31 heavy (non-hydrogen) atoms. The van der Waals surface area contributed by atoms with Crippen LogP contribution in [0.3, 0.4) is 0 Å². The minimum absolute atomic E-state index is 0.0469. The highest BCUT2D eigenvalue weighted by Crippen LogP contribution is 2.39. The van der Waals surface area contributed by atoms with Crippen molar-refractivity contribution in [2.24, 2.45) is 5.92 Å². The van der Waals surface area contributed by atoms with Gasteiger partial charge in [0, 0.05) is 5.39 Å². The molecule has 1 aromatic heterocycles. The second kappa shape index (κ2) is 8.34. The summed E-state index contributed by atoms with van der Waals surface area (Å²) in [5.41, 5.74) is 3.92. The van der Waals surface area contributed by atoms with Crippen LogP contribution in [0.1, 0.15) is 40.5 Å². The lowest BCUT2D eigenvalue weighted by molar-refractivity contribution is -0.0512. The maximum Gasteiger partial charge on any atom is 0.387 e. The number of rotatable bonds is 5. The Labute approximate surface area is 177 Å². The van der Waals surface area contributed by atoms with E-state index < -0.39 is 12.6 Å². The Morgan fingerprint density at radius 2 is 1.97 bits per heavy atom. The first kappa shape index (κ1) is 20.8. The largest absolute Gasteiger partial charge is 0.493 e. The van der Waals surface area contributed by atoms with E-state index in [4.69, 9.17) is 9.72 Å². The van der Waals surface area contributed by atoms with E-state index >= 15 is 0 Å². The Balaban J connectivity index is 1.87. The SMILES string of the molecule is COc1cc(/C=C2/C[C@@H](C)Cc3c2nc2ccccc2c3C(=O)O)ccc1OC(F)F. The van der Waals surface area contributed by atoms with E-state index in [1.807, 2.05) is 12.1 Å². The summed E-state index contributed by atoms with van der Waals surface area (Å²) in [5, 5.41) is 10.6. The Bertz CT molecular complexity index is 1190. The van der Waals surface area contributed by atoms with Gasteiger partial charge in [-0.1, -0.05) is 31.2 Å². The lowest BCUT2D eigenvalue weighted by Crippen LogP contribution is -2.17. The van der Waals surface area contributed by atoms with Crippen LogP contribution in [0.2, 0.25) is 0 Å². The van der Waals surface area contributed by atoms with Gasteiger partial charge < -0.3 is 14.6 Å². The van der Waals surface area contributed by atoms with Crippen LogP contribution in [0, 0.1) is 5.92 Å². The molecule has 0 fully saturated rings. The van der Waals surface area contributed by atoms with Gasteiger partial charge in [0.05, 0.1) is 23.9 Å². The number of aromatic carboxylic acids is 1. The average molecular weight is 425 g/mol. The molecule has 3 aromatic rings. The van der Waals surface area contributed by atoms with Gasteiger partial charge in [0.2, 0.25) is 0 Å². The number of hydrogen-bond donors (Lipinski definition) is 1. The molecule has 0 spiro atoms. The van der Waals surface area contributed by atoms with E-state index in [1.165, 1.54) is 13.2 Å². The predicted molar refractivity (Wildman–Crippen MR) is 114 cm³/mol. The molecule has 0 unspecified atom stereocenters. The van der Waals surface area contributed by atoms with Crippen LogP contribution in [0.4, 0.5) is 8.78 Å². The maximum absolute atomic E-state index is 12.6. The van der Waals surface area contributed by atoms with Gasteiger partial charge in [-0.2, -0.15) is 8.78 Å². The van der Waals surface area contributed by atoms with Crippen molar-refractivity contribution in [2.75, 3.05) is 7.11 Å². The summed E-state index contributed by atoms with van der Waals surface area (Å²) < 4.78 is 34.9. The molecule has 1 atom stereocenters. The predicted octanol–water partition coefficient (Wildman–Crippen LogP) is 5.67. The number of ether oxygens (including phenoxy) is 2. The summed E-state index contributed by atoms with van der Waals surface area (Å²) in [6, 6.07) is 11.9. The Morgan fingerprint density at radius 3 is 2.68 bits per heavy atom. The van der Waals surface area contributed by atoms with E-state index in [9.17, 15) is 18.7 Å². The Kier molecular flexibility index (Phi) is 5.59. The van der Waals surface area contributed by atoms with Crippen LogP contribution in [-0.4, -0.2) is 29.8 Å². The highest BCUT2D eigenvalue weighted by atomic mass is 19.3. The molecule has 0 aliphatic heterocycles. The van der Waals surface area contributed by atoms with Gasteiger partial charge in [-0.3, -0.25) is 0 Å². The zero-order chi connectivity index (χ0) is 22.1. The van der Waals surface area contributed by atoms with Crippen LogP contribution in [0.15, 0.2) is 42.5 Å². The topological polar surface area (TPSA) is 68.7 Å². The number of alkyl halides is 2. The number of carbonyl (C=O) groups is 1. The molecule has 1 aliphatic rings. The summed E-state index contributed by atoms with van der Waals surface area (Å²) in [4.78, 5) is 16.9. The van der Waals surface area contributed by atoms with Crippen molar-refractivity contribution in [3.63, 3.8) is 0 Å². The van der Waals surface area contributed by atoms with Gasteiger partial charge in [0.25, 0.3) is 0 Å². The van der Waals surface area contributed by atoms with Crippen LogP contribution >= 0.6 is 0 Å². The molecule has 0 amide bonds. The first-order chi connectivity index (χ1) is 14.9. The number of methoxy groups -OCH3 is 1. The van der Waals surface area contributed by atoms with Gasteiger partial charge in [-0.15, -0.1) is 0 Å². The fourth-order valence-electron chi connectivity index (χ4n) is 4.15. The molecule has 1 aliphatic carbocycles. The van der Waals surface area contributed by atoms with Crippen LogP contribution < -0.4 is 9.47 Å². The van der Waals surface area contributed by atoms with Gasteiger partial charge in [0.1, 0.15) is 0 Å². The van der Waals surface area contributed by atoms with Crippen molar-refractivity contribution in [1.82, 2.24) is 4.98 Å². The fraction of sp³-hybridized carbons (Fsp3) is 0.250. The van der Waals surface area contributed by atoms with Gasteiger partial charge in [0.15, 0.2) is 11.5 Å². The number of carboxylic acid groups (broad SMARTS) is 1. The summed E-state index contributed by atoms with van der Waals surface area (Å²) in [6.07, 6.45) is 3.24. The first-order valence-corrected chi connectivity index (χ1v) is 9.86. The van der Waals surface area contributed by atoms with Crippen molar-refractivity contribution in [1.29, 1.82) is 0 Å². The smallest absolute Gasteiger partial charge is 0.387 e. The molecule has 5 nitrogen and oxygen atoms in total. The second-order valence-electron chi connectivity index (χ2n) is 7.61. The van der Waals surface area contributed by atoms with Crippen molar-refractivity contribution >= 4 is 28.5 Å². The number of benzene rings is 2. The van der Waals surface area contributed by atoms with Crippen molar-refractivity contribution in [3.8, 4) is 11.5 Å². The fourth-order valence-corrected chi connectivity index (χ4v) is 4.15. The van der Waals surface area contributed by atoms with Crippen molar-refractivity contribution in [3.05, 3.63) is 64.8 Å². The minimum Gasteiger partial charge on any atom is -0.493 e. The number of pyridine rings is 1. The van der Waals surface area contributed by atoms with Crippen molar-refractivity contribution < 1.29 is 28.2 Å². The third-order valence-corrected chi connectivity index (χ3v) is 5.38. The molecule has 0 saturated heterocycles. The van der Waals surface area contributed by atoms with E-state index in [2.05, 4.69) is 11.7 Å². The molecule has 0 radical (unpaired) electrons. The van der Waals surface area contributed by atoms with E-state index in [0.717, 1.165) is 23.1 Å². The molecular formula is C24H21F2NO4. The number of nitrogens with zero attached hydrogens (tertiary/aromatic N) is 1. The molecule has 2 aromatic carbocycles. The van der Waals surface area contributed by atoms with Gasteiger partial charge in [-0.25, -0.2) is 9.78 Å². The molecule has 160 valence electrons. The monoisotopic (exact) mass is 425 g/mol. The normalized spacial score (nSPS) is 17.1. The number of allylic oxidation sites excluding steroid dienone is 1. The lowest BCUT2D eigenvalue weighted by atomic mass is 9.80. The number of halogens is 2. The highest BCUT2D eigenvalue weighted by molar-refractivity contribution is 6.05. The Hall–Kier alpha value is -3.48. The number of hydrogen-bond acceptors (Lipinski definition) is 4. The number of para-hydroxylation sites is 1. The zero-order valence-corrected chi connectivity index (χ0v) is 17.1. The van der Waals surface area contributed by atoms with E-state index in [-0.39, 0.29) is 23.0 Å². The third kappa shape index (κ3) is 4.08.